The monoisotopic (exact) mass is 302 g/mol. The van der Waals surface area contributed by atoms with Crippen molar-refractivity contribution >= 4 is 34.9 Å². The Morgan fingerprint density at radius 1 is 1.71 bits per heavy atom. The van der Waals surface area contributed by atoms with Gasteiger partial charge in [0.05, 0.1) is 0 Å². The van der Waals surface area contributed by atoms with E-state index in [-0.39, 0.29) is 31.2 Å². The molecule has 0 fully saturated rings. The summed E-state index contributed by atoms with van der Waals surface area (Å²) in [5.74, 6) is 0. The van der Waals surface area contributed by atoms with Gasteiger partial charge in [0.25, 0.3) is 6.47 Å². The van der Waals surface area contributed by atoms with Crippen LogP contribution < -0.4 is 0 Å². The van der Waals surface area contributed by atoms with Crippen molar-refractivity contribution in [3.8, 4) is 0 Å². The summed E-state index contributed by atoms with van der Waals surface area (Å²) in [6.07, 6.45) is 0. The standard InChI is InChI=1S/CH2O2.CHO2.Bi.2H/c2*2-1-3;;;/h1H,(H,2,3);(H,2,3);;;. The molecule has 42 valence electrons. The molecule has 0 aromatic carbocycles. The summed E-state index contributed by atoms with van der Waals surface area (Å²) in [4.78, 5) is 17.4. The van der Waals surface area contributed by atoms with Crippen molar-refractivity contribution in [2.75, 3.05) is 0 Å². The van der Waals surface area contributed by atoms with Crippen LogP contribution in [0.2, 0.25) is 0 Å². The number of carboxylic acid groups (broad SMARTS) is 2. The molecule has 7 heavy (non-hydrogen) atoms. The van der Waals surface area contributed by atoms with Crippen LogP contribution in [0.25, 0.3) is 0 Å². The molecule has 0 aromatic rings. The Balaban J connectivity index is 0. The van der Waals surface area contributed by atoms with E-state index in [1.54, 1.807) is 0 Å². The first kappa shape index (κ1) is 9.95. The molecule has 4 nitrogen and oxygen atoms in total. The Morgan fingerprint density at radius 3 is 1.71 bits per heavy atom. The minimum absolute atomic E-state index is 0.102. The fourth-order valence-electron chi connectivity index (χ4n) is 0. The van der Waals surface area contributed by atoms with Crippen molar-refractivity contribution in [2.24, 2.45) is 0 Å². The third kappa shape index (κ3) is 2720. The Morgan fingerprint density at radius 2 is 1.71 bits per heavy atom. The van der Waals surface area contributed by atoms with E-state index in [0.717, 1.165) is 0 Å². The molecule has 0 aliphatic carbocycles. The van der Waals surface area contributed by atoms with E-state index in [4.69, 9.17) is 19.8 Å². The third-order valence-corrected chi connectivity index (χ3v) is 0. The number of hydrogen-bond acceptors (Lipinski definition) is 2. The molecule has 0 heterocycles. The van der Waals surface area contributed by atoms with Gasteiger partial charge in [0.15, 0.2) is 0 Å². The molecule has 0 atom stereocenters. The second-order valence-corrected chi connectivity index (χ2v) is 2.36. The molecule has 0 radical (unpaired) electrons. The van der Waals surface area contributed by atoms with Crippen LogP contribution in [0.3, 0.4) is 0 Å². The number of rotatable bonds is 0. The summed E-state index contributed by atoms with van der Waals surface area (Å²) in [5, 5.41) is 14.4. The molecule has 0 rings (SSSR count). The summed E-state index contributed by atoms with van der Waals surface area (Å²) in [6.45, 7) is -0.250. The van der Waals surface area contributed by atoms with Crippen LogP contribution >= 0.6 is 0 Å². The summed E-state index contributed by atoms with van der Waals surface area (Å²) in [6, 6.07) is 0. The molecular formula is C2H5BiO4. The molecule has 0 unspecified atom stereocenters. The van der Waals surface area contributed by atoms with E-state index in [9.17, 15) is 0 Å². The fraction of sp³-hybridized carbons (Fsp3) is 0. The minimum atomic E-state index is -0.667. The van der Waals surface area contributed by atoms with E-state index in [1.807, 2.05) is 0 Å². The van der Waals surface area contributed by atoms with Crippen LogP contribution in [0.15, 0.2) is 0 Å². The average molecular weight is 302 g/mol. The fourth-order valence-corrected chi connectivity index (χ4v) is 0. The molecule has 0 aliphatic heterocycles. The van der Waals surface area contributed by atoms with Crippen molar-refractivity contribution in [3.05, 3.63) is 0 Å². The molecule has 0 spiro atoms. The molecule has 0 saturated carbocycles. The van der Waals surface area contributed by atoms with Gasteiger partial charge in [-0.1, -0.05) is 0 Å². The van der Waals surface area contributed by atoms with Crippen LogP contribution in [0.4, 0.5) is 4.79 Å². The topological polar surface area (TPSA) is 74.6 Å². The quantitative estimate of drug-likeness (QED) is 0.444. The van der Waals surface area contributed by atoms with Gasteiger partial charge in [-0.05, 0) is 0 Å². The normalized spacial score (nSPS) is 5.29. The molecular weight excluding hydrogens is 297 g/mol. The van der Waals surface area contributed by atoms with Gasteiger partial charge in [0, 0.05) is 0 Å². The summed E-state index contributed by atoms with van der Waals surface area (Å²) < 4.78 is -0.667. The van der Waals surface area contributed by atoms with Crippen LogP contribution in [0, 0.1) is 0 Å². The molecule has 0 aliphatic rings. The van der Waals surface area contributed by atoms with E-state index in [2.05, 4.69) is 0 Å². The molecule has 2 N–H and O–H groups in total. The maximum atomic E-state index is 9.07. The van der Waals surface area contributed by atoms with Crippen molar-refractivity contribution in [1.29, 1.82) is 0 Å². The Hall–Kier alpha value is -0.177. The van der Waals surface area contributed by atoms with E-state index < -0.39 is 3.68 Å². The predicted molar refractivity (Wildman–Crippen MR) is 25.3 cm³/mol. The van der Waals surface area contributed by atoms with Gasteiger partial charge in [-0.15, -0.1) is 0 Å². The second-order valence-electron chi connectivity index (χ2n) is 0.444. The van der Waals surface area contributed by atoms with Gasteiger partial charge in [0.2, 0.25) is 0 Å². The first-order valence-electron chi connectivity index (χ1n) is 1.21. The first-order valence-corrected chi connectivity index (χ1v) is 3.45. The van der Waals surface area contributed by atoms with Crippen LogP contribution in [-0.2, 0) is 4.79 Å². The predicted octanol–water partition coefficient (Wildman–Crippen LogP) is -1.00. The van der Waals surface area contributed by atoms with E-state index in [1.165, 1.54) is 0 Å². The van der Waals surface area contributed by atoms with Crippen LogP contribution in [0.5, 0.6) is 0 Å². The van der Waals surface area contributed by atoms with Gasteiger partial charge >= 0.3 is 38.3 Å². The van der Waals surface area contributed by atoms with E-state index in [0.29, 0.717) is 0 Å². The molecule has 0 bridgehead atoms. The second kappa shape index (κ2) is 9.27. The van der Waals surface area contributed by atoms with Gasteiger partial charge in [-0.2, -0.15) is 0 Å². The van der Waals surface area contributed by atoms with Crippen LogP contribution in [0.1, 0.15) is 0 Å². The SMILES string of the molecule is O=CO.O=[C](O)[BiH2]. The van der Waals surface area contributed by atoms with Crippen molar-refractivity contribution < 1.29 is 19.8 Å². The zero-order chi connectivity index (χ0) is 6.28. The molecule has 0 amide bonds. The summed E-state index contributed by atoms with van der Waals surface area (Å²) >= 11 is 0.102. The Labute approximate surface area is 55.0 Å². The Bertz CT molecular complexity index is 56.7. The molecule has 0 saturated heterocycles. The van der Waals surface area contributed by atoms with Crippen LogP contribution in [-0.4, -0.2) is 45.1 Å². The van der Waals surface area contributed by atoms with Crippen molar-refractivity contribution in [3.63, 3.8) is 0 Å². The molecule has 5 heteroatoms. The van der Waals surface area contributed by atoms with Crippen molar-refractivity contribution in [2.45, 2.75) is 0 Å². The average Bonchev–Trinajstić information content (AvgIpc) is 1.33. The van der Waals surface area contributed by atoms with Crippen molar-refractivity contribution in [1.82, 2.24) is 0 Å². The summed E-state index contributed by atoms with van der Waals surface area (Å²) in [7, 11) is 0. The van der Waals surface area contributed by atoms with Gasteiger partial charge in [0.1, 0.15) is 0 Å². The zero-order valence-corrected chi connectivity index (χ0v) is 7.85. The molecule has 0 aromatic heterocycles. The van der Waals surface area contributed by atoms with Gasteiger partial charge in [-0.25, -0.2) is 0 Å². The third-order valence-electron chi connectivity index (χ3n) is 0. The van der Waals surface area contributed by atoms with E-state index >= 15 is 0 Å². The number of carbonyl (C=O) groups is 2. The van der Waals surface area contributed by atoms with Gasteiger partial charge < -0.3 is 5.11 Å². The number of hydrogen-bond donors (Lipinski definition) is 2. The Kier molecular flexibility index (Phi) is 13.2. The first-order chi connectivity index (χ1) is 3.15. The van der Waals surface area contributed by atoms with Gasteiger partial charge in [-0.3, -0.25) is 4.79 Å². The maximum absolute atomic E-state index is 9.07. The zero-order valence-electron chi connectivity index (χ0n) is 3.37. The summed E-state index contributed by atoms with van der Waals surface area (Å²) in [5.41, 5.74) is 0.